The molecule has 3 unspecified atom stereocenters. The van der Waals surface area contributed by atoms with Gasteiger partial charge in [0.15, 0.2) is 0 Å². The predicted molar refractivity (Wildman–Crippen MR) is 180 cm³/mol. The topological polar surface area (TPSA) is 137 Å². The summed E-state index contributed by atoms with van der Waals surface area (Å²) in [4.78, 5) is 65.8. The molecule has 44 heavy (non-hydrogen) atoms. The molecule has 4 N–H and O–H groups in total. The van der Waals surface area contributed by atoms with Crippen molar-refractivity contribution in [3.8, 4) is 0 Å². The molecule has 10 nitrogen and oxygen atoms in total. The van der Waals surface area contributed by atoms with Gasteiger partial charge in [-0.25, -0.2) is 4.79 Å². The molecule has 5 amide bonds. The number of rotatable bonds is 11. The van der Waals surface area contributed by atoms with E-state index in [1.54, 1.807) is 11.8 Å². The highest BCUT2D eigenvalue weighted by Gasteiger charge is 2.41. The Bertz CT molecular complexity index is 812. The van der Waals surface area contributed by atoms with Gasteiger partial charge in [-0.15, -0.1) is 0 Å². The first-order valence-corrected chi connectivity index (χ1v) is 17.8. The van der Waals surface area contributed by atoms with E-state index in [1.807, 2.05) is 55.4 Å². The average molecular weight is 626 g/mol. The van der Waals surface area contributed by atoms with E-state index < -0.39 is 41.8 Å². The molecule has 0 radical (unpaired) electrons. The molecule has 0 aromatic rings. The number of amides is 5. The first kappa shape index (κ1) is 43.5. The largest absolute Gasteiger partial charge is 0.350 e. The average Bonchev–Trinajstić information content (AvgIpc) is 3.56. The summed E-state index contributed by atoms with van der Waals surface area (Å²) in [7, 11) is 1.51. The highest BCUT2D eigenvalue weighted by molar-refractivity contribution is 6.38. The van der Waals surface area contributed by atoms with Crippen LogP contribution in [0.5, 0.6) is 0 Å². The number of urea groups is 1. The molecule has 3 fully saturated rings. The van der Waals surface area contributed by atoms with Crippen LogP contribution in [0.2, 0.25) is 0 Å². The minimum Gasteiger partial charge on any atom is -0.350 e. The lowest BCUT2D eigenvalue weighted by Gasteiger charge is -2.35. The van der Waals surface area contributed by atoms with E-state index in [0.29, 0.717) is 38.3 Å². The molecule has 0 bridgehead atoms. The Kier molecular flexibility index (Phi) is 26.4. The predicted octanol–water partition coefficient (Wildman–Crippen LogP) is 5.73. The Morgan fingerprint density at radius 3 is 1.84 bits per heavy atom. The Labute approximate surface area is 269 Å². The Balaban J connectivity index is 0. The van der Waals surface area contributed by atoms with Crippen LogP contribution in [-0.4, -0.2) is 72.7 Å². The zero-order valence-corrected chi connectivity index (χ0v) is 29.8. The number of hydrogen-bond acceptors (Lipinski definition) is 5. The number of likely N-dealkylation sites (tertiary alicyclic amines) is 1. The monoisotopic (exact) mass is 626 g/mol. The molecule has 3 rings (SSSR count). The van der Waals surface area contributed by atoms with Gasteiger partial charge in [-0.2, -0.15) is 0 Å². The second kappa shape index (κ2) is 26.7. The van der Waals surface area contributed by atoms with Crippen LogP contribution in [-0.2, 0) is 19.2 Å². The third-order valence-electron chi connectivity index (χ3n) is 8.02. The summed E-state index contributed by atoms with van der Waals surface area (Å²) in [5.74, 6) is -1.42. The maximum Gasteiger partial charge on any atom is 0.315 e. The summed E-state index contributed by atoms with van der Waals surface area (Å²) in [5, 5.41) is 10.7. The van der Waals surface area contributed by atoms with Crippen LogP contribution in [0.25, 0.3) is 0 Å². The van der Waals surface area contributed by atoms with Crippen LogP contribution < -0.4 is 21.3 Å². The van der Waals surface area contributed by atoms with Crippen molar-refractivity contribution in [2.45, 2.75) is 157 Å². The first-order valence-electron chi connectivity index (χ1n) is 17.8. The third-order valence-corrected chi connectivity index (χ3v) is 8.02. The second-order valence-electron chi connectivity index (χ2n) is 10.4. The standard InChI is InChI=1S/C26H43N5O5.4C2H6/c1-3-28-24(34)22(32)19(15-14-17-9-7-10-17)29-23(33)20-13-8-16-31(20)25(35)21(30-26(36)27-2)18-11-5-4-6-12-18;4*1-2/h17-21H,3-16H2,1-2H3,(H,28,34)(H,29,33)(H2,27,30,36);4*1-2H3. The fraction of sp³-hybridized carbons (Fsp3) is 0.853. The Hall–Kier alpha value is -2.65. The lowest BCUT2D eigenvalue weighted by atomic mass is 9.81. The maximum atomic E-state index is 13.7. The van der Waals surface area contributed by atoms with E-state index in [9.17, 15) is 24.0 Å². The number of likely N-dealkylation sites (N-methyl/N-ethyl adjacent to an activating group) is 1. The zero-order valence-electron chi connectivity index (χ0n) is 29.8. The fourth-order valence-corrected chi connectivity index (χ4v) is 5.67. The van der Waals surface area contributed by atoms with Gasteiger partial charge in [0.05, 0.1) is 6.04 Å². The van der Waals surface area contributed by atoms with Crippen molar-refractivity contribution in [3.05, 3.63) is 0 Å². The van der Waals surface area contributed by atoms with Crippen molar-refractivity contribution < 1.29 is 24.0 Å². The summed E-state index contributed by atoms with van der Waals surface area (Å²) in [6, 6.07) is -2.73. The van der Waals surface area contributed by atoms with Gasteiger partial charge in [0.2, 0.25) is 17.6 Å². The van der Waals surface area contributed by atoms with Gasteiger partial charge < -0.3 is 26.2 Å². The molecule has 10 heteroatoms. The number of nitrogens with one attached hydrogen (secondary N) is 4. The van der Waals surface area contributed by atoms with Gasteiger partial charge in [0, 0.05) is 20.1 Å². The van der Waals surface area contributed by atoms with Gasteiger partial charge in [-0.3, -0.25) is 19.2 Å². The SMILES string of the molecule is CC.CC.CC.CC.CCNC(=O)C(=O)C(CCC1CCC1)NC(=O)C1CCCN1C(=O)C(NC(=O)NC)C1CCCCC1. The minimum atomic E-state index is -0.902. The molecule has 0 spiro atoms. The van der Waals surface area contributed by atoms with Crippen LogP contribution in [0.1, 0.15) is 139 Å². The molecule has 2 aliphatic carbocycles. The lowest BCUT2D eigenvalue weighted by molar-refractivity contribution is -0.143. The van der Waals surface area contributed by atoms with Gasteiger partial charge in [-0.05, 0) is 57.3 Å². The van der Waals surface area contributed by atoms with Crippen LogP contribution in [0, 0.1) is 11.8 Å². The highest BCUT2D eigenvalue weighted by Crippen LogP contribution is 2.31. The molecule has 3 atom stereocenters. The van der Waals surface area contributed by atoms with E-state index in [4.69, 9.17) is 0 Å². The van der Waals surface area contributed by atoms with Crippen LogP contribution in [0.3, 0.4) is 0 Å². The van der Waals surface area contributed by atoms with E-state index in [2.05, 4.69) is 21.3 Å². The maximum absolute atomic E-state index is 13.7. The van der Waals surface area contributed by atoms with Crippen molar-refractivity contribution in [2.24, 2.45) is 11.8 Å². The van der Waals surface area contributed by atoms with Crippen molar-refractivity contribution in [2.75, 3.05) is 20.1 Å². The third kappa shape index (κ3) is 14.4. The van der Waals surface area contributed by atoms with Crippen LogP contribution in [0.15, 0.2) is 0 Å². The number of hydrogen-bond donors (Lipinski definition) is 4. The quantitative estimate of drug-likeness (QED) is 0.217. The summed E-state index contributed by atoms with van der Waals surface area (Å²) in [6.45, 7) is 18.5. The molecule has 0 aromatic carbocycles. The zero-order chi connectivity index (χ0) is 34.1. The highest BCUT2D eigenvalue weighted by atomic mass is 16.2. The number of Topliss-reactive ketones (excluding diaryl/α,β-unsaturated/α-hetero) is 1. The Morgan fingerprint density at radius 2 is 1.34 bits per heavy atom. The van der Waals surface area contributed by atoms with Crippen LogP contribution >= 0.6 is 0 Å². The normalized spacial score (nSPS) is 18.7. The molecule has 1 saturated heterocycles. The van der Waals surface area contributed by atoms with Gasteiger partial charge in [-0.1, -0.05) is 93.9 Å². The van der Waals surface area contributed by atoms with Crippen molar-refractivity contribution >= 4 is 29.5 Å². The van der Waals surface area contributed by atoms with Crippen molar-refractivity contribution in [1.29, 1.82) is 0 Å². The van der Waals surface area contributed by atoms with E-state index >= 15 is 0 Å². The Morgan fingerprint density at radius 1 is 0.750 bits per heavy atom. The second-order valence-corrected chi connectivity index (χ2v) is 10.4. The number of carbonyl (C=O) groups is 5. The number of nitrogens with zero attached hydrogens (tertiary/aromatic N) is 1. The van der Waals surface area contributed by atoms with E-state index in [0.717, 1.165) is 51.4 Å². The smallest absolute Gasteiger partial charge is 0.315 e. The van der Waals surface area contributed by atoms with E-state index in [-0.39, 0.29) is 11.8 Å². The molecular formula is C34H67N5O5. The summed E-state index contributed by atoms with van der Waals surface area (Å²) < 4.78 is 0. The molecule has 1 aliphatic heterocycles. The van der Waals surface area contributed by atoms with Gasteiger partial charge >= 0.3 is 6.03 Å². The number of ketones is 1. The van der Waals surface area contributed by atoms with Gasteiger partial charge in [0.1, 0.15) is 12.1 Å². The molecule has 1 heterocycles. The minimum absolute atomic E-state index is 0.0300. The molecule has 0 aromatic heterocycles. The lowest BCUT2D eigenvalue weighted by Crippen LogP contribution is -2.58. The first-order chi connectivity index (χ1) is 21.3. The molecule has 258 valence electrons. The summed E-state index contributed by atoms with van der Waals surface area (Å²) in [6.07, 6.45) is 10.6. The summed E-state index contributed by atoms with van der Waals surface area (Å²) in [5.41, 5.74) is 0. The van der Waals surface area contributed by atoms with Gasteiger partial charge in [0.25, 0.3) is 5.91 Å². The summed E-state index contributed by atoms with van der Waals surface area (Å²) >= 11 is 0. The molecule has 3 aliphatic rings. The fourth-order valence-electron chi connectivity index (χ4n) is 5.67. The van der Waals surface area contributed by atoms with E-state index in [1.165, 1.54) is 13.5 Å². The van der Waals surface area contributed by atoms with Crippen LogP contribution in [0.4, 0.5) is 4.79 Å². The number of carbonyl (C=O) groups excluding carboxylic acids is 5. The molecule has 2 saturated carbocycles. The van der Waals surface area contributed by atoms with Crippen molar-refractivity contribution in [3.63, 3.8) is 0 Å². The molecular weight excluding hydrogens is 558 g/mol. The van der Waals surface area contributed by atoms with Crippen molar-refractivity contribution in [1.82, 2.24) is 26.2 Å².